The van der Waals surface area contributed by atoms with Gasteiger partial charge in [0.05, 0.1) is 10.6 Å². The summed E-state index contributed by atoms with van der Waals surface area (Å²) in [5.41, 5.74) is 2.31. The minimum Gasteiger partial charge on any atom is -0.506 e. The molecule has 1 amide bonds. The number of amides is 1. The van der Waals surface area contributed by atoms with Gasteiger partial charge in [-0.3, -0.25) is 4.79 Å². The Morgan fingerprint density at radius 2 is 2.12 bits per heavy atom. The summed E-state index contributed by atoms with van der Waals surface area (Å²) in [6.07, 6.45) is 0.296. The van der Waals surface area contributed by atoms with Gasteiger partial charge >= 0.3 is 0 Å². The van der Waals surface area contributed by atoms with E-state index in [2.05, 4.69) is 22.6 Å². The van der Waals surface area contributed by atoms with E-state index < -0.39 is 6.17 Å². The van der Waals surface area contributed by atoms with Crippen LogP contribution >= 0.6 is 34.5 Å². The van der Waals surface area contributed by atoms with Gasteiger partial charge in [-0.05, 0) is 31.2 Å². The van der Waals surface area contributed by atoms with Crippen molar-refractivity contribution in [3.8, 4) is 5.75 Å². The van der Waals surface area contributed by atoms with Crippen LogP contribution in [0.2, 0.25) is 10.0 Å². The summed E-state index contributed by atoms with van der Waals surface area (Å²) in [7, 11) is 2.07. The second-order valence-corrected chi connectivity index (χ2v) is 8.02. The lowest BCUT2D eigenvalue weighted by Gasteiger charge is -2.28. The van der Waals surface area contributed by atoms with Gasteiger partial charge in [-0.1, -0.05) is 23.2 Å². The van der Waals surface area contributed by atoms with Crippen LogP contribution in [0, 0.1) is 0 Å². The fraction of sp³-hybridized carbons (Fsp3) is 0.312. The number of hydrogen-bond acceptors (Lipinski definition) is 5. The number of hydrogen-bond donors (Lipinski definition) is 3. The minimum atomic E-state index is -0.570. The summed E-state index contributed by atoms with van der Waals surface area (Å²) in [4.78, 5) is 16.1. The van der Waals surface area contributed by atoms with Crippen molar-refractivity contribution in [2.24, 2.45) is 0 Å². The molecule has 5 nitrogen and oxygen atoms in total. The number of carbonyl (C=O) groups is 1. The number of halogens is 2. The number of phenols is 1. The molecule has 4 rings (SSSR count). The fourth-order valence-corrected chi connectivity index (χ4v) is 5.07. The van der Waals surface area contributed by atoms with Gasteiger partial charge < -0.3 is 20.6 Å². The SMILES string of the molecule is CN1CCc2c(sc3c2C(=O)N[C@H](c2cc(Cl)cc(Cl)c2O)N3)C1. The fourth-order valence-electron chi connectivity index (χ4n) is 3.20. The second kappa shape index (κ2) is 5.81. The molecule has 3 N–H and O–H groups in total. The molecule has 0 saturated heterocycles. The first-order valence-electron chi connectivity index (χ1n) is 7.52. The third-order valence-electron chi connectivity index (χ3n) is 4.39. The Hall–Kier alpha value is -1.47. The topological polar surface area (TPSA) is 64.6 Å². The van der Waals surface area contributed by atoms with E-state index in [4.69, 9.17) is 23.2 Å². The van der Waals surface area contributed by atoms with Crippen LogP contribution in [0.15, 0.2) is 12.1 Å². The van der Waals surface area contributed by atoms with E-state index in [9.17, 15) is 9.90 Å². The van der Waals surface area contributed by atoms with E-state index in [1.807, 2.05) is 0 Å². The van der Waals surface area contributed by atoms with E-state index in [1.54, 1.807) is 17.4 Å². The zero-order valence-corrected chi connectivity index (χ0v) is 15.1. The van der Waals surface area contributed by atoms with Gasteiger partial charge in [-0.15, -0.1) is 11.3 Å². The maximum absolute atomic E-state index is 12.7. The van der Waals surface area contributed by atoms with Crippen LogP contribution in [-0.2, 0) is 13.0 Å². The first kappa shape index (κ1) is 16.0. The third-order valence-corrected chi connectivity index (χ3v) is 6.05. The number of anilines is 1. The molecular formula is C16H15Cl2N3O2S. The summed E-state index contributed by atoms with van der Waals surface area (Å²) in [5.74, 6) is -0.213. The molecule has 1 atom stereocenters. The largest absolute Gasteiger partial charge is 0.506 e. The lowest BCUT2D eigenvalue weighted by molar-refractivity contribution is 0.0934. The maximum Gasteiger partial charge on any atom is 0.256 e. The lowest BCUT2D eigenvalue weighted by Crippen LogP contribution is -2.38. The first-order valence-corrected chi connectivity index (χ1v) is 9.09. The number of likely N-dealkylation sites (N-methyl/N-ethyl adjacent to an activating group) is 1. The number of benzene rings is 1. The quantitative estimate of drug-likeness (QED) is 0.703. The molecule has 1 aromatic heterocycles. The van der Waals surface area contributed by atoms with Gasteiger partial charge in [0.1, 0.15) is 16.9 Å². The first-order chi connectivity index (χ1) is 11.4. The average Bonchev–Trinajstić information content (AvgIpc) is 2.88. The number of rotatable bonds is 1. The molecule has 8 heteroatoms. The molecule has 1 aromatic carbocycles. The van der Waals surface area contributed by atoms with Crippen LogP contribution in [0.3, 0.4) is 0 Å². The Morgan fingerprint density at radius 3 is 2.92 bits per heavy atom. The van der Waals surface area contributed by atoms with Gasteiger partial charge in [0, 0.05) is 28.6 Å². The molecule has 0 aliphatic carbocycles. The van der Waals surface area contributed by atoms with Crippen LogP contribution in [-0.4, -0.2) is 29.5 Å². The Labute approximate surface area is 153 Å². The number of nitrogens with one attached hydrogen (secondary N) is 2. The Balaban J connectivity index is 1.74. The number of aromatic hydroxyl groups is 1. The van der Waals surface area contributed by atoms with Crippen molar-refractivity contribution >= 4 is 45.4 Å². The van der Waals surface area contributed by atoms with Crippen molar-refractivity contribution in [3.05, 3.63) is 43.7 Å². The molecule has 126 valence electrons. The third kappa shape index (κ3) is 2.54. The molecule has 0 spiro atoms. The van der Waals surface area contributed by atoms with Gasteiger partial charge in [-0.25, -0.2) is 0 Å². The molecule has 0 unspecified atom stereocenters. The highest BCUT2D eigenvalue weighted by molar-refractivity contribution is 7.16. The van der Waals surface area contributed by atoms with E-state index in [0.717, 1.165) is 35.6 Å². The van der Waals surface area contributed by atoms with Crippen LogP contribution in [0.4, 0.5) is 5.00 Å². The number of thiophene rings is 1. The molecule has 0 radical (unpaired) electrons. The average molecular weight is 384 g/mol. The van der Waals surface area contributed by atoms with Crippen LogP contribution in [0.25, 0.3) is 0 Å². The van der Waals surface area contributed by atoms with Crippen molar-refractivity contribution in [1.82, 2.24) is 10.2 Å². The molecule has 0 saturated carbocycles. The summed E-state index contributed by atoms with van der Waals surface area (Å²) in [6, 6.07) is 3.07. The molecule has 3 heterocycles. The minimum absolute atomic E-state index is 0.0802. The van der Waals surface area contributed by atoms with Crippen LogP contribution in [0.5, 0.6) is 5.75 Å². The molecule has 2 aliphatic rings. The number of fused-ring (bicyclic) bond motifs is 3. The maximum atomic E-state index is 12.7. The summed E-state index contributed by atoms with van der Waals surface area (Å²) < 4.78 is 0. The monoisotopic (exact) mass is 383 g/mol. The Kier molecular flexibility index (Phi) is 3.88. The number of carbonyl (C=O) groups excluding carboxylic acids is 1. The summed E-state index contributed by atoms with van der Waals surface area (Å²) >= 11 is 13.6. The van der Waals surface area contributed by atoms with Crippen molar-refractivity contribution in [1.29, 1.82) is 0 Å². The van der Waals surface area contributed by atoms with Crippen molar-refractivity contribution in [3.63, 3.8) is 0 Å². The molecule has 2 aromatic rings. The van der Waals surface area contributed by atoms with Gasteiger partial charge in [0.15, 0.2) is 0 Å². The Morgan fingerprint density at radius 1 is 1.33 bits per heavy atom. The van der Waals surface area contributed by atoms with Crippen LogP contribution in [0.1, 0.15) is 32.5 Å². The summed E-state index contributed by atoms with van der Waals surface area (Å²) in [6.45, 7) is 1.79. The smallest absolute Gasteiger partial charge is 0.256 e. The lowest BCUT2D eigenvalue weighted by atomic mass is 10.0. The van der Waals surface area contributed by atoms with Gasteiger partial charge in [-0.2, -0.15) is 0 Å². The highest BCUT2D eigenvalue weighted by Gasteiger charge is 2.34. The van der Waals surface area contributed by atoms with Gasteiger partial charge in [0.2, 0.25) is 0 Å². The van der Waals surface area contributed by atoms with Crippen LogP contribution < -0.4 is 10.6 Å². The van der Waals surface area contributed by atoms with E-state index in [-0.39, 0.29) is 16.7 Å². The van der Waals surface area contributed by atoms with Crippen molar-refractivity contribution in [2.75, 3.05) is 18.9 Å². The molecule has 0 fully saturated rings. The zero-order chi connectivity index (χ0) is 17.0. The van der Waals surface area contributed by atoms with Gasteiger partial charge in [0.25, 0.3) is 5.91 Å². The normalized spacial score (nSPS) is 20.1. The molecule has 2 aliphatic heterocycles. The standard InChI is InChI=1S/C16H15Cl2N3O2S/c1-21-3-2-8-11(6-21)24-16-12(8)15(23)19-14(20-16)9-4-7(17)5-10(18)13(9)22/h4-5,14,20,22H,2-3,6H2,1H3,(H,19,23)/t14-/m0/s1. The predicted octanol–water partition coefficient (Wildman–Crippen LogP) is 3.60. The number of phenolic OH excluding ortho intramolecular Hbond substituents is 1. The summed E-state index contributed by atoms with van der Waals surface area (Å²) in [5, 5.41) is 17.8. The Bertz CT molecular complexity index is 852. The van der Waals surface area contributed by atoms with Crippen molar-refractivity contribution < 1.29 is 9.90 Å². The molecule has 24 heavy (non-hydrogen) atoms. The van der Waals surface area contributed by atoms with E-state index >= 15 is 0 Å². The highest BCUT2D eigenvalue weighted by Crippen LogP contribution is 2.42. The predicted molar refractivity (Wildman–Crippen MR) is 96.3 cm³/mol. The van der Waals surface area contributed by atoms with E-state index in [1.165, 1.54) is 10.9 Å². The number of nitrogens with zero attached hydrogens (tertiary/aromatic N) is 1. The molecule has 0 bridgehead atoms. The highest BCUT2D eigenvalue weighted by atomic mass is 35.5. The molecular weight excluding hydrogens is 369 g/mol. The van der Waals surface area contributed by atoms with E-state index in [0.29, 0.717) is 10.6 Å². The zero-order valence-electron chi connectivity index (χ0n) is 12.8. The second-order valence-electron chi connectivity index (χ2n) is 6.07. The van der Waals surface area contributed by atoms with Crippen molar-refractivity contribution in [2.45, 2.75) is 19.1 Å².